The maximum atomic E-state index is 13.5. The quantitative estimate of drug-likeness (QED) is 0.895. The van der Waals surface area contributed by atoms with Crippen molar-refractivity contribution in [1.29, 1.82) is 0 Å². The third-order valence-corrected chi connectivity index (χ3v) is 4.22. The Morgan fingerprint density at radius 1 is 1.33 bits per heavy atom. The highest BCUT2D eigenvalue weighted by molar-refractivity contribution is 5.26. The zero-order valence-electron chi connectivity index (χ0n) is 10.6. The van der Waals surface area contributed by atoms with Crippen LogP contribution in [0.15, 0.2) is 18.2 Å². The topological polar surface area (TPSA) is 29.5 Å². The monoisotopic (exact) mass is 256 g/mol. The van der Waals surface area contributed by atoms with Crippen LogP contribution in [-0.2, 0) is 0 Å². The maximum absolute atomic E-state index is 13.5. The summed E-state index contributed by atoms with van der Waals surface area (Å²) in [5.74, 6) is -1.26. The van der Waals surface area contributed by atoms with Gasteiger partial charge in [0, 0.05) is 17.9 Å². The predicted octanol–water partition coefficient (Wildman–Crippen LogP) is 3.28. The molecule has 1 aliphatic carbocycles. The van der Waals surface area contributed by atoms with Crippen LogP contribution in [-0.4, -0.2) is 17.3 Å². The molecule has 2 nitrogen and oxygen atoms in total. The third kappa shape index (κ3) is 1.99. The molecule has 1 aromatic rings. The Hall–Kier alpha value is -1.16. The molecule has 0 amide bonds. The van der Waals surface area contributed by atoms with Gasteiger partial charge >= 0.3 is 0 Å². The first-order valence-electron chi connectivity index (χ1n) is 6.33. The summed E-state index contributed by atoms with van der Waals surface area (Å²) in [5, 5.41) is 9.89. The zero-order chi connectivity index (χ0) is 13.3. The molecule has 0 radical (unpaired) electrons. The number of hydrogen-bond donors (Lipinski definition) is 1. The van der Waals surface area contributed by atoms with Crippen molar-refractivity contribution in [2.24, 2.45) is 5.41 Å². The summed E-state index contributed by atoms with van der Waals surface area (Å²) < 4.78 is 31.9. The molecule has 1 aromatic carbocycles. The summed E-state index contributed by atoms with van der Waals surface area (Å²) in [5.41, 5.74) is -0.305. The lowest BCUT2D eigenvalue weighted by molar-refractivity contribution is -0.160. The van der Waals surface area contributed by atoms with Crippen molar-refractivity contribution >= 4 is 0 Å². The lowest BCUT2D eigenvalue weighted by Gasteiger charge is -2.52. The second-order valence-electron chi connectivity index (χ2n) is 4.87. The van der Waals surface area contributed by atoms with Crippen molar-refractivity contribution in [3.63, 3.8) is 0 Å². The molecule has 1 N–H and O–H groups in total. The van der Waals surface area contributed by atoms with Crippen LogP contribution in [0.2, 0.25) is 0 Å². The molecule has 100 valence electrons. The van der Waals surface area contributed by atoms with Crippen molar-refractivity contribution in [2.75, 3.05) is 0 Å². The molecular formula is C14H18F2O2. The van der Waals surface area contributed by atoms with Crippen LogP contribution in [0.25, 0.3) is 0 Å². The lowest BCUT2D eigenvalue weighted by atomic mass is 9.60. The van der Waals surface area contributed by atoms with Crippen molar-refractivity contribution in [2.45, 2.75) is 45.3 Å². The van der Waals surface area contributed by atoms with Gasteiger partial charge in [-0.15, -0.1) is 0 Å². The van der Waals surface area contributed by atoms with Gasteiger partial charge in [-0.05, 0) is 25.0 Å². The highest BCUT2D eigenvalue weighted by Gasteiger charge is 2.53. The van der Waals surface area contributed by atoms with Gasteiger partial charge in [0.25, 0.3) is 0 Å². The fraction of sp³-hybridized carbons (Fsp3) is 0.571. The Kier molecular flexibility index (Phi) is 3.57. The van der Waals surface area contributed by atoms with E-state index in [1.807, 2.05) is 13.8 Å². The van der Waals surface area contributed by atoms with Crippen LogP contribution < -0.4 is 4.74 Å². The SMILES string of the molecule is CCC1(CC)C(O)CC1Oc1ccc(F)cc1F. The molecule has 0 bridgehead atoms. The molecule has 1 fully saturated rings. The molecule has 1 saturated carbocycles. The zero-order valence-corrected chi connectivity index (χ0v) is 10.6. The smallest absolute Gasteiger partial charge is 0.167 e. The highest BCUT2D eigenvalue weighted by atomic mass is 19.1. The van der Waals surface area contributed by atoms with Gasteiger partial charge in [0.15, 0.2) is 11.6 Å². The molecule has 2 rings (SSSR count). The molecule has 1 aliphatic rings. The van der Waals surface area contributed by atoms with Crippen LogP contribution in [0.1, 0.15) is 33.1 Å². The summed E-state index contributed by atoms with van der Waals surface area (Å²) in [6, 6.07) is 3.28. The molecule has 2 atom stereocenters. The average molecular weight is 256 g/mol. The van der Waals surface area contributed by atoms with Crippen molar-refractivity contribution in [3.05, 3.63) is 29.8 Å². The minimum atomic E-state index is -0.697. The standard InChI is InChI=1S/C14H18F2O2/c1-3-14(4-2)12(17)8-13(14)18-11-6-5-9(15)7-10(11)16/h5-7,12-13,17H,3-4,8H2,1-2H3. The maximum Gasteiger partial charge on any atom is 0.167 e. The second-order valence-corrected chi connectivity index (χ2v) is 4.87. The van der Waals surface area contributed by atoms with Gasteiger partial charge in [-0.3, -0.25) is 0 Å². The number of benzene rings is 1. The molecule has 4 heteroatoms. The van der Waals surface area contributed by atoms with Crippen LogP contribution in [0.5, 0.6) is 5.75 Å². The number of rotatable bonds is 4. The highest BCUT2D eigenvalue weighted by Crippen LogP contribution is 2.49. The summed E-state index contributed by atoms with van der Waals surface area (Å²) in [6.45, 7) is 3.98. The Morgan fingerprint density at radius 2 is 2.00 bits per heavy atom. The number of aliphatic hydroxyl groups excluding tert-OH is 1. The van der Waals surface area contributed by atoms with Crippen LogP contribution in [0, 0.1) is 17.0 Å². The van der Waals surface area contributed by atoms with E-state index in [9.17, 15) is 13.9 Å². The van der Waals surface area contributed by atoms with E-state index in [1.54, 1.807) is 0 Å². The van der Waals surface area contributed by atoms with Gasteiger partial charge in [0.1, 0.15) is 11.9 Å². The Labute approximate surface area is 106 Å². The molecule has 0 heterocycles. The first-order valence-corrected chi connectivity index (χ1v) is 6.33. The summed E-state index contributed by atoms with van der Waals surface area (Å²) in [6.07, 6.45) is 1.44. The van der Waals surface area contributed by atoms with E-state index >= 15 is 0 Å². The predicted molar refractivity (Wildman–Crippen MR) is 64.4 cm³/mol. The van der Waals surface area contributed by atoms with E-state index in [1.165, 1.54) is 12.1 Å². The Bertz CT molecular complexity index is 430. The minimum absolute atomic E-state index is 0.0552. The third-order valence-electron chi connectivity index (χ3n) is 4.22. The second kappa shape index (κ2) is 4.84. The van der Waals surface area contributed by atoms with Crippen molar-refractivity contribution < 1.29 is 18.6 Å². The van der Waals surface area contributed by atoms with E-state index in [4.69, 9.17) is 4.74 Å². The summed E-state index contributed by atoms with van der Waals surface area (Å²) in [4.78, 5) is 0. The molecule has 0 spiro atoms. The van der Waals surface area contributed by atoms with Gasteiger partial charge in [-0.1, -0.05) is 13.8 Å². The van der Waals surface area contributed by atoms with Gasteiger partial charge in [0.05, 0.1) is 6.10 Å². The van der Waals surface area contributed by atoms with Gasteiger partial charge < -0.3 is 9.84 Å². The van der Waals surface area contributed by atoms with Crippen LogP contribution in [0.4, 0.5) is 8.78 Å². The number of halogens is 2. The number of ether oxygens (including phenoxy) is 1. The van der Waals surface area contributed by atoms with E-state index in [2.05, 4.69) is 0 Å². The first-order chi connectivity index (χ1) is 8.53. The molecule has 0 saturated heterocycles. The Morgan fingerprint density at radius 3 is 2.50 bits per heavy atom. The largest absolute Gasteiger partial charge is 0.487 e. The molecule has 0 aromatic heterocycles. The molecular weight excluding hydrogens is 238 g/mol. The fourth-order valence-corrected chi connectivity index (χ4v) is 2.79. The number of hydrogen-bond acceptors (Lipinski definition) is 2. The van der Waals surface area contributed by atoms with E-state index in [-0.39, 0.29) is 17.3 Å². The molecule has 18 heavy (non-hydrogen) atoms. The summed E-state index contributed by atoms with van der Waals surface area (Å²) >= 11 is 0. The lowest BCUT2D eigenvalue weighted by Crippen LogP contribution is -2.59. The van der Waals surface area contributed by atoms with E-state index < -0.39 is 17.7 Å². The van der Waals surface area contributed by atoms with Crippen molar-refractivity contribution in [3.8, 4) is 5.75 Å². The van der Waals surface area contributed by atoms with Gasteiger partial charge in [0.2, 0.25) is 0 Å². The Balaban J connectivity index is 2.15. The normalized spacial score (nSPS) is 25.6. The van der Waals surface area contributed by atoms with Crippen molar-refractivity contribution in [1.82, 2.24) is 0 Å². The van der Waals surface area contributed by atoms with Gasteiger partial charge in [-0.2, -0.15) is 0 Å². The first kappa shape index (κ1) is 13.3. The molecule has 0 aliphatic heterocycles. The van der Waals surface area contributed by atoms with Crippen LogP contribution in [0.3, 0.4) is 0 Å². The van der Waals surface area contributed by atoms with Crippen LogP contribution >= 0.6 is 0 Å². The van der Waals surface area contributed by atoms with E-state index in [0.717, 1.165) is 18.9 Å². The summed E-state index contributed by atoms with van der Waals surface area (Å²) in [7, 11) is 0. The average Bonchev–Trinajstić information content (AvgIpc) is 2.33. The van der Waals surface area contributed by atoms with Gasteiger partial charge in [-0.25, -0.2) is 8.78 Å². The minimum Gasteiger partial charge on any atom is -0.487 e. The molecule has 2 unspecified atom stereocenters. The fourth-order valence-electron chi connectivity index (χ4n) is 2.79. The van der Waals surface area contributed by atoms with E-state index in [0.29, 0.717) is 6.42 Å². The number of aliphatic hydroxyl groups is 1.